The van der Waals surface area contributed by atoms with E-state index in [1.807, 2.05) is 25.1 Å². The topological polar surface area (TPSA) is 63.8 Å². The second-order valence-electron chi connectivity index (χ2n) is 4.79. The van der Waals surface area contributed by atoms with Crippen molar-refractivity contribution in [2.24, 2.45) is 5.10 Å². The third-order valence-corrected chi connectivity index (χ3v) is 4.19. The van der Waals surface area contributed by atoms with Crippen LogP contribution in [-0.2, 0) is 0 Å². The number of aromatic nitrogens is 5. The average Bonchev–Trinajstić information content (AvgIpc) is 2.98. The molecule has 1 aromatic carbocycles. The summed E-state index contributed by atoms with van der Waals surface area (Å²) >= 11 is 17.8. The number of H-pyrrole nitrogens is 1. The van der Waals surface area contributed by atoms with E-state index in [1.165, 1.54) is 4.68 Å². The van der Waals surface area contributed by atoms with Crippen LogP contribution >= 0.6 is 35.4 Å². The van der Waals surface area contributed by atoms with Gasteiger partial charge in [-0.15, -0.1) is 0 Å². The van der Waals surface area contributed by atoms with Crippen molar-refractivity contribution in [2.75, 3.05) is 0 Å². The molecule has 2 heterocycles. The first-order chi connectivity index (χ1) is 11.0. The fraction of sp³-hybridized carbons (Fsp3) is 0.143. The van der Waals surface area contributed by atoms with Gasteiger partial charge in [-0.05, 0) is 38.2 Å². The molecule has 0 atom stereocenters. The maximum atomic E-state index is 6.45. The molecule has 0 radical (unpaired) electrons. The van der Waals surface area contributed by atoms with Crippen LogP contribution < -0.4 is 0 Å². The van der Waals surface area contributed by atoms with Crippen LogP contribution in [0.5, 0.6) is 0 Å². The Hall–Kier alpha value is -1.96. The molecule has 0 amide bonds. The highest BCUT2D eigenvalue weighted by molar-refractivity contribution is 7.71. The molecule has 0 aliphatic rings. The Morgan fingerprint density at radius 1 is 1.26 bits per heavy atom. The summed E-state index contributed by atoms with van der Waals surface area (Å²) in [5, 5.41) is 16.4. The van der Waals surface area contributed by atoms with Gasteiger partial charge in [0.25, 0.3) is 0 Å². The van der Waals surface area contributed by atoms with Crippen molar-refractivity contribution in [1.29, 1.82) is 0 Å². The van der Waals surface area contributed by atoms with E-state index < -0.39 is 0 Å². The van der Waals surface area contributed by atoms with Crippen LogP contribution in [0.15, 0.2) is 29.4 Å². The van der Waals surface area contributed by atoms with Crippen molar-refractivity contribution >= 4 is 41.6 Å². The molecule has 0 spiro atoms. The van der Waals surface area contributed by atoms with E-state index in [4.69, 9.17) is 35.4 Å². The summed E-state index contributed by atoms with van der Waals surface area (Å²) in [4.78, 5) is 0. The van der Waals surface area contributed by atoms with Crippen molar-refractivity contribution in [2.45, 2.75) is 13.8 Å². The van der Waals surface area contributed by atoms with Gasteiger partial charge in [0, 0.05) is 0 Å². The summed E-state index contributed by atoms with van der Waals surface area (Å²) in [6.45, 7) is 3.65. The molecular weight excluding hydrogens is 355 g/mol. The predicted octanol–water partition coefficient (Wildman–Crippen LogP) is 3.93. The molecule has 0 saturated heterocycles. The molecule has 1 N–H and O–H groups in total. The molecule has 0 bridgehead atoms. The summed E-state index contributed by atoms with van der Waals surface area (Å²) < 4.78 is 3.51. The maximum absolute atomic E-state index is 6.45. The zero-order chi connectivity index (χ0) is 16.6. The predicted molar refractivity (Wildman–Crippen MR) is 93.5 cm³/mol. The van der Waals surface area contributed by atoms with Gasteiger partial charge in [0.2, 0.25) is 4.77 Å². The summed E-state index contributed by atoms with van der Waals surface area (Å²) in [5.41, 5.74) is 2.12. The van der Waals surface area contributed by atoms with Crippen LogP contribution in [0.1, 0.15) is 17.1 Å². The second kappa shape index (κ2) is 6.27. The molecule has 0 saturated carbocycles. The van der Waals surface area contributed by atoms with Crippen LogP contribution in [0.2, 0.25) is 10.2 Å². The first-order valence-electron chi connectivity index (χ1n) is 6.67. The second-order valence-corrected chi connectivity index (χ2v) is 5.94. The number of halogens is 2. The summed E-state index contributed by atoms with van der Waals surface area (Å²) in [5.74, 6) is 0.651. The Kier molecular flexibility index (Phi) is 4.34. The van der Waals surface area contributed by atoms with Crippen molar-refractivity contribution in [1.82, 2.24) is 24.7 Å². The zero-order valence-corrected chi connectivity index (χ0v) is 14.6. The Morgan fingerprint density at radius 3 is 2.65 bits per heavy atom. The number of aryl methyl sites for hydroxylation is 2. The third kappa shape index (κ3) is 2.95. The minimum absolute atomic E-state index is 0.408. The maximum Gasteiger partial charge on any atom is 0.216 e. The van der Waals surface area contributed by atoms with Gasteiger partial charge in [-0.2, -0.15) is 20.0 Å². The SMILES string of the molecule is Cc1nn(-c2ccccc2Cl)c(Cl)c1/C=N\n1c(C)n[nH]c1=S. The lowest BCUT2D eigenvalue weighted by Gasteiger charge is -2.04. The molecule has 6 nitrogen and oxygen atoms in total. The van der Waals surface area contributed by atoms with Gasteiger partial charge in [-0.1, -0.05) is 35.3 Å². The Morgan fingerprint density at radius 2 is 2.00 bits per heavy atom. The standard InChI is InChI=1S/C14H12Cl2N6S/c1-8-10(7-17-21-9(2)18-19-14(21)23)13(16)22(20-8)12-6-4-3-5-11(12)15/h3-7H,1-2H3,(H,19,23)/b17-7-. The highest BCUT2D eigenvalue weighted by atomic mass is 35.5. The highest BCUT2D eigenvalue weighted by Gasteiger charge is 2.15. The van der Waals surface area contributed by atoms with Crippen LogP contribution in [-0.4, -0.2) is 30.9 Å². The van der Waals surface area contributed by atoms with Gasteiger partial charge in [0.05, 0.1) is 28.2 Å². The van der Waals surface area contributed by atoms with Gasteiger partial charge in [0.15, 0.2) is 0 Å². The van der Waals surface area contributed by atoms with E-state index in [0.717, 1.165) is 5.69 Å². The van der Waals surface area contributed by atoms with Crippen molar-refractivity contribution < 1.29 is 0 Å². The minimum atomic E-state index is 0.408. The summed E-state index contributed by atoms with van der Waals surface area (Å²) in [6.07, 6.45) is 1.61. The molecule has 0 fully saturated rings. The molecule has 23 heavy (non-hydrogen) atoms. The number of nitrogens with one attached hydrogen (secondary N) is 1. The average molecular weight is 367 g/mol. The number of para-hydroxylation sites is 1. The largest absolute Gasteiger partial charge is 0.250 e. The van der Waals surface area contributed by atoms with Gasteiger partial charge >= 0.3 is 0 Å². The molecule has 0 unspecified atom stereocenters. The number of hydrogen-bond acceptors (Lipinski definition) is 4. The van der Waals surface area contributed by atoms with E-state index in [-0.39, 0.29) is 0 Å². The minimum Gasteiger partial charge on any atom is -0.250 e. The quantitative estimate of drug-likeness (QED) is 0.564. The Balaban J connectivity index is 2.06. The summed E-state index contributed by atoms with van der Waals surface area (Å²) in [7, 11) is 0. The first-order valence-corrected chi connectivity index (χ1v) is 7.84. The number of benzene rings is 1. The summed E-state index contributed by atoms with van der Waals surface area (Å²) in [6, 6.07) is 7.35. The Labute approximate surface area is 147 Å². The van der Waals surface area contributed by atoms with Crippen LogP contribution in [0.3, 0.4) is 0 Å². The smallest absolute Gasteiger partial charge is 0.216 e. The molecule has 9 heteroatoms. The lowest BCUT2D eigenvalue weighted by Crippen LogP contribution is -1.98. The fourth-order valence-corrected chi connectivity index (χ4v) is 2.82. The number of hydrogen-bond donors (Lipinski definition) is 1. The molecular formula is C14H12Cl2N6S. The van der Waals surface area contributed by atoms with Crippen LogP contribution in [0.4, 0.5) is 0 Å². The molecule has 118 valence electrons. The van der Waals surface area contributed by atoms with Crippen LogP contribution in [0.25, 0.3) is 5.69 Å². The monoisotopic (exact) mass is 366 g/mol. The van der Waals surface area contributed by atoms with E-state index in [9.17, 15) is 0 Å². The molecule has 0 aliphatic carbocycles. The van der Waals surface area contributed by atoms with Gasteiger partial charge in [-0.25, -0.2) is 4.68 Å². The van der Waals surface area contributed by atoms with Crippen molar-refractivity contribution in [3.8, 4) is 5.69 Å². The molecule has 0 aliphatic heterocycles. The number of rotatable bonds is 3. The fourth-order valence-electron chi connectivity index (χ4n) is 2.06. The van der Waals surface area contributed by atoms with Gasteiger partial charge in [0.1, 0.15) is 11.0 Å². The van der Waals surface area contributed by atoms with E-state index in [2.05, 4.69) is 20.4 Å². The van der Waals surface area contributed by atoms with Crippen molar-refractivity contribution in [3.05, 3.63) is 56.3 Å². The first kappa shape index (κ1) is 15.9. The van der Waals surface area contributed by atoms with E-state index in [1.54, 1.807) is 23.9 Å². The Bertz CT molecular complexity index is 953. The van der Waals surface area contributed by atoms with Gasteiger partial charge in [-0.3, -0.25) is 5.10 Å². The molecule has 3 aromatic rings. The lowest BCUT2D eigenvalue weighted by molar-refractivity contribution is 0.820. The van der Waals surface area contributed by atoms with E-state index >= 15 is 0 Å². The molecule has 2 aromatic heterocycles. The van der Waals surface area contributed by atoms with Crippen LogP contribution in [0, 0.1) is 18.6 Å². The van der Waals surface area contributed by atoms with Crippen molar-refractivity contribution in [3.63, 3.8) is 0 Å². The third-order valence-electron chi connectivity index (χ3n) is 3.24. The number of nitrogens with zero attached hydrogens (tertiary/aromatic N) is 5. The zero-order valence-electron chi connectivity index (χ0n) is 12.3. The highest BCUT2D eigenvalue weighted by Crippen LogP contribution is 2.26. The lowest BCUT2D eigenvalue weighted by atomic mass is 10.3. The number of aromatic amines is 1. The molecule has 3 rings (SSSR count). The normalized spacial score (nSPS) is 11.5. The van der Waals surface area contributed by atoms with E-state index in [0.29, 0.717) is 32.0 Å². The van der Waals surface area contributed by atoms with Gasteiger partial charge < -0.3 is 0 Å².